The van der Waals surface area contributed by atoms with Gasteiger partial charge in [0.2, 0.25) is 23.1 Å². The molecular formula is C36H28Cl3LaN6O15. The zero-order chi connectivity index (χ0) is 40.0. The average molecular weight is 1030 g/mol. The summed E-state index contributed by atoms with van der Waals surface area (Å²) in [5, 5.41) is 22.1. The molecule has 0 atom stereocenters. The van der Waals surface area contributed by atoms with Crippen LogP contribution in [0.3, 0.4) is 0 Å². The number of aromatic hydroxyl groups is 2. The molecule has 0 radical (unpaired) electrons. The molecule has 0 spiro atoms. The summed E-state index contributed by atoms with van der Waals surface area (Å²) in [6.45, 7) is 0. The van der Waals surface area contributed by atoms with Gasteiger partial charge in [-0.15, -0.1) is 0 Å². The van der Waals surface area contributed by atoms with Crippen molar-refractivity contribution in [2.45, 2.75) is 0 Å². The molecule has 0 aliphatic carbocycles. The van der Waals surface area contributed by atoms with Crippen molar-refractivity contribution >= 4 is 44.8 Å². The molecule has 25 heteroatoms. The number of methoxy groups -OCH3 is 4. The van der Waals surface area contributed by atoms with E-state index in [1.807, 2.05) is 0 Å². The van der Waals surface area contributed by atoms with Gasteiger partial charge >= 0.3 is 47.0 Å². The number of aromatic nitrogens is 6. The second-order valence-electron chi connectivity index (χ2n) is 11.6. The number of hydrogen-bond donors (Lipinski definition) is 4. The van der Waals surface area contributed by atoms with Gasteiger partial charge in [-0.25, -0.2) is 19.6 Å². The van der Waals surface area contributed by atoms with Crippen molar-refractivity contribution in [1.82, 2.24) is 28.7 Å². The van der Waals surface area contributed by atoms with Crippen LogP contribution in [0.5, 0.6) is 34.5 Å². The number of halogens is 3. The van der Waals surface area contributed by atoms with E-state index in [0.29, 0.717) is 10.8 Å². The number of carbonyl (C=O) groups is 2. The predicted octanol–water partition coefficient (Wildman–Crippen LogP) is -7.65. The molecule has 21 nitrogen and oxygen atoms in total. The first-order valence-electron chi connectivity index (χ1n) is 15.9. The van der Waals surface area contributed by atoms with E-state index >= 15 is 0 Å². The smallest absolute Gasteiger partial charge is 1.00 e. The van der Waals surface area contributed by atoms with Crippen molar-refractivity contribution in [3.8, 4) is 34.5 Å². The molecule has 8 aromatic rings. The summed E-state index contributed by atoms with van der Waals surface area (Å²) in [7, 11) is 5.34. The number of fused-ring (bicyclic) bond motifs is 4. The van der Waals surface area contributed by atoms with Gasteiger partial charge < -0.3 is 80.7 Å². The average Bonchev–Trinajstić information content (AvgIpc) is 3.87. The van der Waals surface area contributed by atoms with E-state index in [4.69, 9.17) is 27.8 Å². The fourth-order valence-electron chi connectivity index (χ4n) is 6.05. The summed E-state index contributed by atoms with van der Waals surface area (Å²) in [5.74, 6) is -2.16. The van der Waals surface area contributed by atoms with Crippen LogP contribution < -0.4 is 78.7 Å². The molecular weight excluding hydrogens is 1000 g/mol. The minimum absolute atomic E-state index is 0. The molecule has 6 heterocycles. The number of phenolic OH excluding ortho intramolecular Hbond substituents is 2. The van der Waals surface area contributed by atoms with Crippen molar-refractivity contribution in [3.05, 3.63) is 126 Å². The quantitative estimate of drug-likeness (QED) is 0.103. The molecule has 0 unspecified atom stereocenters. The SMILES string of the molecule is COc1c(C(=O)c2cnc3cc(=O)[nH]c(=O)n3c2)c(O)c(OC)c2occc12.COc1c(C(=O)c2cnc3cc(=O)[nH]c(=O)n3c2)c(O)c(OC)c2occc12.O.[Cl-].[Cl-].[Cl-].[La+3]. The topological polar surface area (TPSA) is 304 Å². The minimum atomic E-state index is -0.747. The van der Waals surface area contributed by atoms with E-state index in [1.54, 1.807) is 12.1 Å². The molecule has 2 aromatic carbocycles. The number of ether oxygens (including phenoxy) is 4. The molecule has 0 aliphatic rings. The van der Waals surface area contributed by atoms with Crippen LogP contribution in [-0.4, -0.2) is 84.4 Å². The van der Waals surface area contributed by atoms with Crippen LogP contribution in [-0.2, 0) is 0 Å². The zero-order valence-corrected chi connectivity index (χ0v) is 37.5. The Balaban J connectivity index is 0.000000388. The van der Waals surface area contributed by atoms with Gasteiger partial charge in [0, 0.05) is 36.9 Å². The molecule has 0 aliphatic heterocycles. The van der Waals surface area contributed by atoms with Gasteiger partial charge in [-0.1, -0.05) is 0 Å². The van der Waals surface area contributed by atoms with Crippen LogP contribution in [0.4, 0.5) is 0 Å². The van der Waals surface area contributed by atoms with Gasteiger partial charge in [0.15, 0.2) is 22.7 Å². The number of ketones is 2. The van der Waals surface area contributed by atoms with Crippen LogP contribution in [0.15, 0.2) is 89.6 Å². The summed E-state index contributed by atoms with van der Waals surface area (Å²) in [5.41, 5.74) is -2.49. The van der Waals surface area contributed by atoms with Crippen molar-refractivity contribution in [2.24, 2.45) is 0 Å². The molecule has 0 saturated carbocycles. The van der Waals surface area contributed by atoms with Crippen LogP contribution in [0.2, 0.25) is 0 Å². The third-order valence-corrected chi connectivity index (χ3v) is 8.51. The fraction of sp³-hybridized carbons (Fsp3) is 0.111. The largest absolute Gasteiger partial charge is 3.00 e. The summed E-state index contributed by atoms with van der Waals surface area (Å²) in [4.78, 5) is 85.2. The molecule has 8 rings (SSSR count). The molecule has 316 valence electrons. The Bertz CT molecular complexity index is 2960. The Morgan fingerprint density at radius 2 is 0.967 bits per heavy atom. The molecule has 6 N–H and O–H groups in total. The number of hydrogen-bond acceptors (Lipinski definition) is 16. The number of nitrogens with zero attached hydrogens (tertiary/aromatic N) is 4. The van der Waals surface area contributed by atoms with E-state index in [0.717, 1.165) is 20.9 Å². The number of nitrogens with one attached hydrogen (secondary N) is 2. The van der Waals surface area contributed by atoms with Crippen LogP contribution in [0.25, 0.3) is 33.2 Å². The number of benzene rings is 2. The Morgan fingerprint density at radius 3 is 1.30 bits per heavy atom. The maximum absolute atomic E-state index is 13.1. The maximum atomic E-state index is 13.1. The van der Waals surface area contributed by atoms with Crippen LogP contribution in [0.1, 0.15) is 31.8 Å². The standard InChI is InChI=1S/2C18H13N3O7.3ClH.La.H2O/c2*1-26-15-9-3-4-28-16(9)17(27-2)14(24)12(15)13(23)8-6-19-10-5-11(22)20-18(25)21(10)7-8;;;;;/h2*3-7,24H,1-2H3,(H,20,22,25);3*1H;;1H2/q;;;;;+3;/p-3. The number of rotatable bonds is 8. The number of aromatic amines is 2. The van der Waals surface area contributed by atoms with Gasteiger partial charge in [-0.2, -0.15) is 0 Å². The summed E-state index contributed by atoms with van der Waals surface area (Å²) < 4.78 is 33.7. The summed E-state index contributed by atoms with van der Waals surface area (Å²) in [6, 6.07) is 5.38. The van der Waals surface area contributed by atoms with E-state index in [9.17, 15) is 39.0 Å². The third-order valence-electron chi connectivity index (χ3n) is 8.51. The molecule has 0 saturated heterocycles. The third kappa shape index (κ3) is 8.86. The van der Waals surface area contributed by atoms with Gasteiger partial charge in [0.1, 0.15) is 33.9 Å². The number of carbonyl (C=O) groups excluding carboxylic acids is 2. The number of H-pyrrole nitrogens is 2. The molecule has 6 aromatic heterocycles. The molecule has 61 heavy (non-hydrogen) atoms. The first-order valence-corrected chi connectivity index (χ1v) is 15.9. The van der Waals surface area contributed by atoms with E-state index in [1.165, 1.54) is 65.8 Å². The maximum Gasteiger partial charge on any atom is 3.00 e. The van der Waals surface area contributed by atoms with E-state index < -0.39 is 45.6 Å². The first kappa shape index (κ1) is 51.0. The Kier molecular flexibility index (Phi) is 17.1. The zero-order valence-electron chi connectivity index (χ0n) is 31.6. The Morgan fingerprint density at radius 1 is 0.623 bits per heavy atom. The monoisotopic (exact) mass is 1030 g/mol. The fourth-order valence-corrected chi connectivity index (χ4v) is 6.05. The molecule has 0 fully saturated rings. The van der Waals surface area contributed by atoms with Crippen LogP contribution >= 0.6 is 0 Å². The molecule has 0 bridgehead atoms. The normalized spacial score (nSPS) is 10.2. The van der Waals surface area contributed by atoms with Gasteiger partial charge in [-0.3, -0.25) is 37.9 Å². The van der Waals surface area contributed by atoms with E-state index in [2.05, 4.69) is 19.9 Å². The minimum Gasteiger partial charge on any atom is -1.00 e. The Hall–Kier alpha value is -6.14. The first-order chi connectivity index (χ1) is 26.9. The van der Waals surface area contributed by atoms with Gasteiger partial charge in [0.25, 0.3) is 11.1 Å². The summed E-state index contributed by atoms with van der Waals surface area (Å²) >= 11 is 0. The van der Waals surface area contributed by atoms with Gasteiger partial charge in [0.05, 0.1) is 62.9 Å². The van der Waals surface area contributed by atoms with Gasteiger partial charge in [-0.05, 0) is 12.1 Å². The van der Waals surface area contributed by atoms with Crippen molar-refractivity contribution in [1.29, 1.82) is 0 Å². The Labute approximate surface area is 385 Å². The summed E-state index contributed by atoms with van der Waals surface area (Å²) in [6.07, 6.45) is 7.57. The van der Waals surface area contributed by atoms with Crippen molar-refractivity contribution in [3.63, 3.8) is 0 Å². The molecule has 0 amide bonds. The second kappa shape index (κ2) is 20.4. The number of phenols is 2. The number of furan rings is 2. The second-order valence-corrected chi connectivity index (χ2v) is 11.6. The van der Waals surface area contributed by atoms with E-state index in [-0.39, 0.29) is 146 Å². The predicted molar refractivity (Wildman–Crippen MR) is 197 cm³/mol. The van der Waals surface area contributed by atoms with Crippen LogP contribution in [0, 0.1) is 35.6 Å². The van der Waals surface area contributed by atoms with Crippen molar-refractivity contribution in [2.75, 3.05) is 28.4 Å². The van der Waals surface area contributed by atoms with Crippen molar-refractivity contribution < 1.29 is 126 Å².